The average Bonchev–Trinajstić information content (AvgIpc) is 3.04. The first-order chi connectivity index (χ1) is 12.2. The van der Waals surface area contributed by atoms with Crippen molar-refractivity contribution >= 4 is 28.4 Å². The molecule has 1 aliphatic rings. The van der Waals surface area contributed by atoms with E-state index in [2.05, 4.69) is 25.3 Å². The predicted octanol–water partition coefficient (Wildman–Crippen LogP) is 2.22. The summed E-state index contributed by atoms with van der Waals surface area (Å²) in [6.07, 6.45) is 5.00. The Morgan fingerprint density at radius 1 is 1.16 bits per heavy atom. The van der Waals surface area contributed by atoms with Crippen molar-refractivity contribution in [2.24, 2.45) is 13.0 Å². The normalized spacial score (nSPS) is 15.5. The Kier molecular flexibility index (Phi) is 4.05. The molecule has 1 saturated heterocycles. The van der Waals surface area contributed by atoms with Crippen molar-refractivity contribution in [3.05, 3.63) is 42.9 Å². The zero-order valence-corrected chi connectivity index (χ0v) is 14.1. The van der Waals surface area contributed by atoms with E-state index in [1.54, 1.807) is 17.2 Å². The molecule has 0 atom stereocenters. The summed E-state index contributed by atoms with van der Waals surface area (Å²) in [6.45, 7) is 1.60. The molecule has 0 saturated carbocycles. The summed E-state index contributed by atoms with van der Waals surface area (Å²) in [5.74, 6) is 1.03. The van der Waals surface area contributed by atoms with E-state index in [4.69, 9.17) is 0 Å². The minimum atomic E-state index is 0.0303. The molecule has 128 valence electrons. The number of amides is 1. The fraction of sp³-hybridized carbons (Fsp3) is 0.333. The predicted molar refractivity (Wildman–Crippen MR) is 96.3 cm³/mol. The van der Waals surface area contributed by atoms with Crippen molar-refractivity contribution in [3.8, 4) is 0 Å². The second kappa shape index (κ2) is 6.51. The van der Waals surface area contributed by atoms with Crippen molar-refractivity contribution < 1.29 is 4.79 Å². The number of rotatable bonds is 3. The van der Waals surface area contributed by atoms with Crippen LogP contribution in [0.15, 0.2) is 42.9 Å². The van der Waals surface area contributed by atoms with Crippen molar-refractivity contribution in [2.75, 3.05) is 23.3 Å². The van der Waals surface area contributed by atoms with Crippen LogP contribution in [0.25, 0.3) is 11.0 Å². The van der Waals surface area contributed by atoms with Crippen LogP contribution in [-0.4, -0.2) is 38.7 Å². The lowest BCUT2D eigenvalue weighted by molar-refractivity contribution is -0.120. The molecule has 0 aliphatic carbocycles. The van der Waals surface area contributed by atoms with Gasteiger partial charge in [0.05, 0.1) is 11.6 Å². The van der Waals surface area contributed by atoms with E-state index in [0.29, 0.717) is 0 Å². The molecule has 7 nitrogen and oxygen atoms in total. The monoisotopic (exact) mass is 336 g/mol. The lowest BCUT2D eigenvalue weighted by atomic mass is 9.95. The molecule has 2 aromatic heterocycles. The van der Waals surface area contributed by atoms with Gasteiger partial charge < -0.3 is 10.2 Å². The molecular formula is C18H20N6O. The smallest absolute Gasteiger partial charge is 0.227 e. The molecule has 3 aromatic rings. The number of fused-ring (bicyclic) bond motifs is 1. The van der Waals surface area contributed by atoms with E-state index >= 15 is 0 Å². The van der Waals surface area contributed by atoms with Gasteiger partial charge in [-0.2, -0.15) is 5.10 Å². The Morgan fingerprint density at radius 2 is 1.92 bits per heavy atom. The van der Waals surface area contributed by atoms with Gasteiger partial charge in [-0.1, -0.05) is 18.2 Å². The number of aryl methyl sites for hydroxylation is 1. The number of nitrogens with one attached hydrogen (secondary N) is 1. The van der Waals surface area contributed by atoms with Crippen LogP contribution in [0.3, 0.4) is 0 Å². The summed E-state index contributed by atoms with van der Waals surface area (Å²) in [5.41, 5.74) is 1.68. The summed E-state index contributed by atoms with van der Waals surface area (Å²) >= 11 is 0. The highest BCUT2D eigenvalue weighted by Gasteiger charge is 2.27. The maximum atomic E-state index is 12.5. The lowest BCUT2D eigenvalue weighted by Gasteiger charge is -2.32. The first-order valence-corrected chi connectivity index (χ1v) is 8.46. The Balaban J connectivity index is 1.43. The van der Waals surface area contributed by atoms with Crippen LogP contribution in [0.2, 0.25) is 0 Å². The van der Waals surface area contributed by atoms with E-state index in [1.165, 1.54) is 0 Å². The number of carbonyl (C=O) groups excluding carboxylic acids is 1. The van der Waals surface area contributed by atoms with Gasteiger partial charge >= 0.3 is 0 Å². The third-order valence-corrected chi connectivity index (χ3v) is 4.72. The second-order valence-corrected chi connectivity index (χ2v) is 6.32. The van der Waals surface area contributed by atoms with Gasteiger partial charge in [0.25, 0.3) is 0 Å². The van der Waals surface area contributed by atoms with Crippen molar-refractivity contribution in [1.29, 1.82) is 0 Å². The molecule has 3 heterocycles. The van der Waals surface area contributed by atoms with Gasteiger partial charge in [-0.05, 0) is 25.0 Å². The lowest BCUT2D eigenvalue weighted by Crippen LogP contribution is -2.38. The van der Waals surface area contributed by atoms with Gasteiger partial charge in [-0.25, -0.2) is 9.97 Å². The van der Waals surface area contributed by atoms with Crippen molar-refractivity contribution in [1.82, 2.24) is 19.7 Å². The highest BCUT2D eigenvalue weighted by atomic mass is 16.1. The Hall–Kier alpha value is -2.96. The largest absolute Gasteiger partial charge is 0.356 e. The zero-order chi connectivity index (χ0) is 17.2. The number of hydrogen-bond acceptors (Lipinski definition) is 5. The molecule has 1 amide bonds. The first-order valence-electron chi connectivity index (χ1n) is 8.46. The van der Waals surface area contributed by atoms with E-state index in [-0.39, 0.29) is 11.8 Å². The minimum Gasteiger partial charge on any atom is -0.356 e. The first kappa shape index (κ1) is 15.6. The number of benzene rings is 1. The number of para-hydroxylation sites is 1. The maximum Gasteiger partial charge on any atom is 0.227 e. The number of anilines is 2. The third-order valence-electron chi connectivity index (χ3n) is 4.72. The fourth-order valence-corrected chi connectivity index (χ4v) is 3.32. The van der Waals surface area contributed by atoms with Gasteiger partial charge in [0.1, 0.15) is 12.1 Å². The van der Waals surface area contributed by atoms with Crippen LogP contribution in [0.5, 0.6) is 0 Å². The van der Waals surface area contributed by atoms with Gasteiger partial charge in [0.15, 0.2) is 5.65 Å². The Labute approximate surface area is 145 Å². The van der Waals surface area contributed by atoms with Gasteiger partial charge in [0.2, 0.25) is 5.91 Å². The molecule has 0 bridgehead atoms. The van der Waals surface area contributed by atoms with Gasteiger partial charge in [-0.3, -0.25) is 9.48 Å². The number of aromatic nitrogens is 4. The van der Waals surface area contributed by atoms with E-state index in [0.717, 1.165) is 48.5 Å². The van der Waals surface area contributed by atoms with Crippen molar-refractivity contribution in [2.45, 2.75) is 12.8 Å². The van der Waals surface area contributed by atoms with Crippen LogP contribution in [0, 0.1) is 5.92 Å². The molecule has 0 unspecified atom stereocenters. The highest BCUT2D eigenvalue weighted by molar-refractivity contribution is 5.93. The number of nitrogens with zero attached hydrogens (tertiary/aromatic N) is 5. The van der Waals surface area contributed by atoms with E-state index in [1.807, 2.05) is 37.4 Å². The third kappa shape index (κ3) is 3.05. The molecule has 7 heteroatoms. The second-order valence-electron chi connectivity index (χ2n) is 6.32. The molecule has 0 spiro atoms. The molecule has 25 heavy (non-hydrogen) atoms. The summed E-state index contributed by atoms with van der Waals surface area (Å²) in [7, 11) is 1.87. The van der Waals surface area contributed by atoms with Crippen molar-refractivity contribution in [3.63, 3.8) is 0 Å². The maximum absolute atomic E-state index is 12.5. The van der Waals surface area contributed by atoms with Crippen LogP contribution >= 0.6 is 0 Å². The number of hydrogen-bond donors (Lipinski definition) is 1. The Morgan fingerprint density at radius 3 is 2.68 bits per heavy atom. The van der Waals surface area contributed by atoms with Crippen LogP contribution in [0.1, 0.15) is 12.8 Å². The molecule has 1 aliphatic heterocycles. The quantitative estimate of drug-likeness (QED) is 0.794. The SMILES string of the molecule is Cn1ncc2c(N3CCC(C(=O)Nc4ccccc4)CC3)ncnc21. The molecule has 0 radical (unpaired) electrons. The van der Waals surface area contributed by atoms with Crippen LogP contribution < -0.4 is 10.2 Å². The number of carbonyl (C=O) groups is 1. The standard InChI is InChI=1S/C18H20N6O/c1-23-16-15(11-21-23)17(20-12-19-16)24-9-7-13(8-10-24)18(25)22-14-5-3-2-4-6-14/h2-6,11-13H,7-10H2,1H3,(H,22,25). The topological polar surface area (TPSA) is 75.9 Å². The molecule has 1 fully saturated rings. The highest BCUT2D eigenvalue weighted by Crippen LogP contribution is 2.27. The summed E-state index contributed by atoms with van der Waals surface area (Å²) in [4.78, 5) is 23.4. The van der Waals surface area contributed by atoms with Gasteiger partial charge in [0, 0.05) is 31.7 Å². The van der Waals surface area contributed by atoms with Gasteiger partial charge in [-0.15, -0.1) is 0 Å². The molecule has 4 rings (SSSR count). The molecular weight excluding hydrogens is 316 g/mol. The Bertz CT molecular complexity index is 883. The van der Waals surface area contributed by atoms with Crippen LogP contribution in [0.4, 0.5) is 11.5 Å². The summed E-state index contributed by atoms with van der Waals surface area (Å²) in [6, 6.07) is 9.61. The fourth-order valence-electron chi connectivity index (χ4n) is 3.32. The summed E-state index contributed by atoms with van der Waals surface area (Å²) < 4.78 is 1.75. The average molecular weight is 336 g/mol. The molecule has 1 aromatic carbocycles. The zero-order valence-electron chi connectivity index (χ0n) is 14.1. The van der Waals surface area contributed by atoms with Crippen LogP contribution in [-0.2, 0) is 11.8 Å². The molecule has 1 N–H and O–H groups in total. The van der Waals surface area contributed by atoms with E-state index < -0.39 is 0 Å². The minimum absolute atomic E-state index is 0.0303. The summed E-state index contributed by atoms with van der Waals surface area (Å²) in [5, 5.41) is 8.22. The van der Waals surface area contributed by atoms with E-state index in [9.17, 15) is 4.79 Å². The number of piperidine rings is 1.